The molecule has 2 aliphatic carbocycles. The van der Waals surface area contributed by atoms with Crippen molar-refractivity contribution < 1.29 is 41.8 Å². The van der Waals surface area contributed by atoms with E-state index in [2.05, 4.69) is 27.3 Å². The molecule has 60 heavy (non-hydrogen) atoms. The molecule has 1 aromatic heterocycles. The van der Waals surface area contributed by atoms with Crippen molar-refractivity contribution in [3.05, 3.63) is 42.6 Å². The first-order chi connectivity index (χ1) is 28.4. The smallest absolute Gasteiger partial charge is 0.408 e. The number of sulfonamides is 1. The molecule has 0 bridgehead atoms. The van der Waals surface area contributed by atoms with E-state index < -0.39 is 73.8 Å². The van der Waals surface area contributed by atoms with Crippen LogP contribution in [-0.4, -0.2) is 89.3 Å². The Labute approximate surface area is 357 Å². The van der Waals surface area contributed by atoms with Gasteiger partial charge in [-0.3, -0.25) is 19.1 Å². The largest absolute Gasteiger partial charge is 0.492 e. The van der Waals surface area contributed by atoms with Gasteiger partial charge in [0.1, 0.15) is 35.1 Å². The maximum atomic E-state index is 14.9. The van der Waals surface area contributed by atoms with Gasteiger partial charge in [-0.25, -0.2) is 18.2 Å². The fourth-order valence-corrected chi connectivity index (χ4v) is 9.22. The summed E-state index contributed by atoms with van der Waals surface area (Å²) in [5, 5.41) is 7.27. The number of ether oxygens (including phenoxy) is 3. The number of fused-ring (bicyclic) bond motifs is 3. The van der Waals surface area contributed by atoms with Gasteiger partial charge < -0.3 is 29.7 Å². The SMILES string of the molecule is CC.CC.CCOc1cnc(O[C@@H]2C[C@H]3C(=O)N[C@]4(C(=O)NS(=O)(=O)C5(C)CC5)C[C@H]4/C=C\CC[C@@H](C)C[C@@H](CC)[C@H](NC(=O)OC(C)(C)C)C(=O)N3C2)c2ccccc12. The highest BCUT2D eigenvalue weighted by Gasteiger charge is 2.63. The lowest BCUT2D eigenvalue weighted by Crippen LogP contribution is -2.59. The van der Waals surface area contributed by atoms with Gasteiger partial charge in [0.05, 0.1) is 24.1 Å². The first-order valence-corrected chi connectivity index (χ1v) is 23.4. The standard InChI is InChI=1S/C41H57N5O9S.2C2H6/c1-8-26-20-25(3)14-10-11-15-27-22-41(27,37(49)45-56(51,52)40(7)18-19-40)44-34(47)31-21-28(24-46(31)36(48)33(26)43-38(50)55-39(4,5)6)54-35-30-17-13-12-16-29(30)32(23-42-35)53-9-2;2*1-2/h11-13,15-17,23,25-28,31,33H,8-10,14,18-22,24H2,1-7H3,(H,43,50)(H,44,47)(H,45,49);2*1-2H3/b15-11-;;/t25-,26-,27-,28-,31+,33+,41-;;/m1../s1. The van der Waals surface area contributed by atoms with Crippen molar-refractivity contribution in [1.29, 1.82) is 0 Å². The number of nitrogens with zero attached hydrogens (tertiary/aromatic N) is 2. The summed E-state index contributed by atoms with van der Waals surface area (Å²) in [6, 6.07) is 5.34. The van der Waals surface area contributed by atoms with Crippen LogP contribution in [0.4, 0.5) is 4.79 Å². The van der Waals surface area contributed by atoms with Gasteiger partial charge in [-0.1, -0.05) is 78.3 Å². The predicted molar refractivity (Wildman–Crippen MR) is 233 cm³/mol. The van der Waals surface area contributed by atoms with Crippen molar-refractivity contribution in [1.82, 2.24) is 25.2 Å². The molecule has 2 aliphatic heterocycles. The number of rotatable bonds is 9. The highest BCUT2D eigenvalue weighted by molar-refractivity contribution is 7.91. The highest BCUT2D eigenvalue weighted by atomic mass is 32.2. The minimum atomic E-state index is -4.00. The average molecular weight is 856 g/mol. The van der Waals surface area contributed by atoms with E-state index in [1.165, 1.54) is 4.90 Å². The molecule has 6 rings (SSSR count). The summed E-state index contributed by atoms with van der Waals surface area (Å²) in [6.07, 6.45) is 7.74. The van der Waals surface area contributed by atoms with Crippen LogP contribution in [0, 0.1) is 17.8 Å². The van der Waals surface area contributed by atoms with Crippen LogP contribution >= 0.6 is 0 Å². The quantitative estimate of drug-likeness (QED) is 0.218. The minimum Gasteiger partial charge on any atom is -0.492 e. The molecule has 15 heteroatoms. The van der Waals surface area contributed by atoms with E-state index in [4.69, 9.17) is 14.2 Å². The van der Waals surface area contributed by atoms with Crippen LogP contribution in [0.15, 0.2) is 42.6 Å². The molecule has 1 aromatic carbocycles. The van der Waals surface area contributed by atoms with Crippen molar-refractivity contribution >= 4 is 44.6 Å². The van der Waals surface area contributed by atoms with Crippen LogP contribution in [0.25, 0.3) is 10.8 Å². The van der Waals surface area contributed by atoms with Gasteiger partial charge in [0.25, 0.3) is 5.91 Å². The van der Waals surface area contributed by atoms with Gasteiger partial charge in [0.2, 0.25) is 27.7 Å². The number of pyridine rings is 1. The Balaban J connectivity index is 0.00000193. The van der Waals surface area contributed by atoms with Gasteiger partial charge in [-0.2, -0.15) is 0 Å². The molecule has 2 aromatic rings. The number of nitrogens with one attached hydrogen (secondary N) is 3. The summed E-state index contributed by atoms with van der Waals surface area (Å²) in [7, 11) is -4.00. The highest BCUT2D eigenvalue weighted by Crippen LogP contribution is 2.48. The number of aromatic nitrogens is 1. The zero-order valence-corrected chi connectivity index (χ0v) is 38.4. The topological polar surface area (TPSA) is 182 Å². The Hall–Kier alpha value is -4.40. The summed E-state index contributed by atoms with van der Waals surface area (Å²) in [6.45, 7) is 21.2. The molecule has 1 saturated heterocycles. The van der Waals surface area contributed by atoms with E-state index >= 15 is 0 Å². The maximum Gasteiger partial charge on any atom is 0.408 e. The van der Waals surface area contributed by atoms with Crippen LogP contribution < -0.4 is 24.8 Å². The van der Waals surface area contributed by atoms with Crippen molar-refractivity contribution in [2.45, 2.75) is 162 Å². The molecule has 3 N–H and O–H groups in total. The van der Waals surface area contributed by atoms with Gasteiger partial charge in [0, 0.05) is 23.1 Å². The molecule has 7 atom stereocenters. The Kier molecular flexibility index (Phi) is 16.1. The van der Waals surface area contributed by atoms with Crippen LogP contribution in [0.3, 0.4) is 0 Å². The van der Waals surface area contributed by atoms with E-state index in [1.54, 1.807) is 33.9 Å². The molecule has 334 valence electrons. The van der Waals surface area contributed by atoms with Crippen molar-refractivity contribution in [2.75, 3.05) is 13.2 Å². The second-order valence-corrected chi connectivity index (χ2v) is 19.4. The summed E-state index contributed by atoms with van der Waals surface area (Å²) in [4.78, 5) is 62.8. The average Bonchev–Trinajstić information content (AvgIpc) is 4.09. The summed E-state index contributed by atoms with van der Waals surface area (Å²) in [5.41, 5.74) is -2.35. The second kappa shape index (κ2) is 20.0. The van der Waals surface area contributed by atoms with Gasteiger partial charge in [-0.05, 0) is 91.0 Å². The molecule has 0 unspecified atom stereocenters. The summed E-state index contributed by atoms with van der Waals surface area (Å²) < 4.78 is 45.6. The molecule has 3 heterocycles. The monoisotopic (exact) mass is 855 g/mol. The maximum absolute atomic E-state index is 14.9. The van der Waals surface area contributed by atoms with E-state index in [1.807, 2.05) is 78.0 Å². The summed E-state index contributed by atoms with van der Waals surface area (Å²) >= 11 is 0. The number of hydrogen-bond acceptors (Lipinski definition) is 10. The Morgan fingerprint density at radius 3 is 2.32 bits per heavy atom. The fraction of sp³-hybridized carbons (Fsp3) is 0.667. The lowest BCUT2D eigenvalue weighted by molar-refractivity contribution is -0.142. The Bertz CT molecular complexity index is 1980. The molecular weight excluding hydrogens is 787 g/mol. The third kappa shape index (κ3) is 11.1. The molecule has 2 saturated carbocycles. The zero-order chi connectivity index (χ0) is 44.6. The Morgan fingerprint density at radius 1 is 1.03 bits per heavy atom. The number of alkyl carbamates (subject to hydrolysis) is 1. The van der Waals surface area contributed by atoms with Gasteiger partial charge >= 0.3 is 6.09 Å². The van der Waals surface area contributed by atoms with Crippen LogP contribution in [-0.2, 0) is 29.1 Å². The van der Waals surface area contributed by atoms with E-state index in [0.717, 1.165) is 11.8 Å². The predicted octanol–water partition coefficient (Wildman–Crippen LogP) is 7.20. The fourth-order valence-electron chi connectivity index (χ4n) is 7.91. The molecule has 4 aliphatic rings. The molecule has 4 amide bonds. The van der Waals surface area contributed by atoms with Crippen LogP contribution in [0.5, 0.6) is 11.6 Å². The molecule has 0 spiro atoms. The zero-order valence-electron chi connectivity index (χ0n) is 37.6. The Morgan fingerprint density at radius 2 is 1.70 bits per heavy atom. The number of carbonyl (C=O) groups is 4. The third-order valence-corrected chi connectivity index (χ3v) is 13.7. The van der Waals surface area contributed by atoms with Crippen molar-refractivity contribution in [2.24, 2.45) is 17.8 Å². The normalized spacial score (nSPS) is 27.9. The molecular formula is C45H69N5O9S. The van der Waals surface area contributed by atoms with Crippen molar-refractivity contribution in [3.63, 3.8) is 0 Å². The van der Waals surface area contributed by atoms with E-state index in [9.17, 15) is 27.6 Å². The minimum absolute atomic E-state index is 0.0200. The van der Waals surface area contributed by atoms with Crippen molar-refractivity contribution in [3.8, 4) is 11.6 Å². The second-order valence-electron chi connectivity index (χ2n) is 17.2. The lowest BCUT2D eigenvalue weighted by atomic mass is 9.85. The third-order valence-electron chi connectivity index (χ3n) is 11.6. The molecule has 0 radical (unpaired) electrons. The number of benzene rings is 1. The van der Waals surface area contributed by atoms with Gasteiger partial charge in [-0.15, -0.1) is 0 Å². The molecule has 3 fully saturated rings. The van der Waals surface area contributed by atoms with E-state index in [-0.39, 0.29) is 31.2 Å². The number of allylic oxidation sites excluding steroid dienone is 1. The number of hydrogen-bond donors (Lipinski definition) is 3. The first kappa shape index (κ1) is 48.3. The summed E-state index contributed by atoms with van der Waals surface area (Å²) in [5.74, 6) is -1.59. The van der Waals surface area contributed by atoms with Crippen LogP contribution in [0.2, 0.25) is 0 Å². The van der Waals surface area contributed by atoms with Crippen LogP contribution in [0.1, 0.15) is 128 Å². The van der Waals surface area contributed by atoms with Gasteiger partial charge in [0.15, 0.2) is 0 Å². The number of amides is 4. The molecule has 14 nitrogen and oxygen atoms in total. The van der Waals surface area contributed by atoms with E-state index in [0.29, 0.717) is 55.7 Å². The number of carbonyl (C=O) groups excluding carboxylic acids is 4. The lowest BCUT2D eigenvalue weighted by Gasteiger charge is -2.34. The first-order valence-electron chi connectivity index (χ1n) is 21.9.